The number of rotatable bonds is 7. The highest BCUT2D eigenvalue weighted by Gasteiger charge is 2.34. The summed E-state index contributed by atoms with van der Waals surface area (Å²) in [6, 6.07) is 20.4. The van der Waals surface area contributed by atoms with Crippen LogP contribution in [0.3, 0.4) is 0 Å². The van der Waals surface area contributed by atoms with Gasteiger partial charge in [-0.2, -0.15) is 0 Å². The van der Waals surface area contributed by atoms with E-state index in [0.717, 1.165) is 42.6 Å². The maximum absolute atomic E-state index is 13.6. The number of nitrogens with zero attached hydrogens (tertiary/aromatic N) is 2. The highest BCUT2D eigenvalue weighted by Crippen LogP contribution is 2.32. The maximum atomic E-state index is 13.6. The van der Waals surface area contributed by atoms with Crippen molar-refractivity contribution in [2.45, 2.75) is 82.9 Å². The minimum absolute atomic E-state index is 0.0385. The Hall–Kier alpha value is -2.93. The minimum Gasteiger partial charge on any atom is -0.489 e. The highest BCUT2D eigenvalue weighted by atomic mass is 32.2. The second-order valence-corrected chi connectivity index (χ2v) is 11.9. The van der Waals surface area contributed by atoms with Crippen molar-refractivity contribution in [1.29, 1.82) is 0 Å². The summed E-state index contributed by atoms with van der Waals surface area (Å²) in [5.41, 5.74) is 2.45. The zero-order chi connectivity index (χ0) is 26.7. The quantitative estimate of drug-likeness (QED) is 0.324. The van der Waals surface area contributed by atoms with Gasteiger partial charge in [0.2, 0.25) is 0 Å². The molecule has 0 saturated heterocycles. The van der Waals surface area contributed by atoms with Gasteiger partial charge in [-0.3, -0.25) is 9.00 Å². The normalized spacial score (nSPS) is 16.5. The van der Waals surface area contributed by atoms with Crippen LogP contribution in [0, 0.1) is 0 Å². The van der Waals surface area contributed by atoms with E-state index in [1.54, 1.807) is 18.6 Å². The van der Waals surface area contributed by atoms with Crippen LogP contribution < -0.4 is 4.74 Å². The van der Waals surface area contributed by atoms with Crippen LogP contribution in [-0.2, 0) is 17.4 Å². The molecule has 1 aromatic heterocycles. The molecule has 2 aromatic carbocycles. The SMILES string of the molecule is CS(C)=O.O=C(c1cc(-c2ccc(OCc3ccccc3)cc2)on1)N(C1CCCCC1)C1CCCCC1. The van der Waals surface area contributed by atoms with Crippen LogP contribution in [0.15, 0.2) is 65.2 Å². The number of carbonyl (C=O) groups excluding carboxylic acids is 1. The van der Waals surface area contributed by atoms with Crippen molar-refractivity contribution < 1.29 is 18.3 Å². The molecule has 2 fully saturated rings. The first-order valence-corrected chi connectivity index (χ1v) is 15.8. The molecule has 2 saturated carbocycles. The molecule has 0 atom stereocenters. The lowest BCUT2D eigenvalue weighted by Crippen LogP contribution is -2.48. The first-order chi connectivity index (χ1) is 18.5. The van der Waals surface area contributed by atoms with Gasteiger partial charge in [-0.05, 0) is 55.5 Å². The average molecular weight is 537 g/mol. The predicted molar refractivity (Wildman–Crippen MR) is 153 cm³/mol. The summed E-state index contributed by atoms with van der Waals surface area (Å²) in [4.78, 5) is 15.8. The second kappa shape index (κ2) is 14.3. The monoisotopic (exact) mass is 536 g/mol. The van der Waals surface area contributed by atoms with Gasteiger partial charge >= 0.3 is 0 Å². The molecule has 7 heteroatoms. The summed E-state index contributed by atoms with van der Waals surface area (Å²) in [6.07, 6.45) is 15.1. The van der Waals surface area contributed by atoms with Crippen LogP contribution in [0.2, 0.25) is 0 Å². The van der Waals surface area contributed by atoms with E-state index in [2.05, 4.69) is 10.1 Å². The van der Waals surface area contributed by atoms with Crippen molar-refractivity contribution in [3.05, 3.63) is 71.9 Å². The van der Waals surface area contributed by atoms with Crippen molar-refractivity contribution in [1.82, 2.24) is 10.1 Å². The Morgan fingerprint density at radius 1 is 0.895 bits per heavy atom. The Labute approximate surface area is 229 Å². The van der Waals surface area contributed by atoms with E-state index in [4.69, 9.17) is 9.26 Å². The summed E-state index contributed by atoms with van der Waals surface area (Å²) in [5, 5.41) is 4.20. The predicted octanol–water partition coefficient (Wildman–Crippen LogP) is 7.02. The lowest BCUT2D eigenvalue weighted by atomic mass is 9.88. The van der Waals surface area contributed by atoms with Gasteiger partial charge in [0.1, 0.15) is 12.4 Å². The molecular weight excluding hydrogens is 496 g/mol. The van der Waals surface area contributed by atoms with E-state index < -0.39 is 10.8 Å². The number of hydrogen-bond acceptors (Lipinski definition) is 5. The zero-order valence-corrected chi connectivity index (χ0v) is 23.5. The molecule has 2 aliphatic rings. The van der Waals surface area contributed by atoms with E-state index in [1.165, 1.54) is 38.5 Å². The third-order valence-corrected chi connectivity index (χ3v) is 7.29. The van der Waals surface area contributed by atoms with Gasteiger partial charge in [0, 0.05) is 47.0 Å². The molecule has 38 heavy (non-hydrogen) atoms. The first-order valence-electron chi connectivity index (χ1n) is 13.8. The number of ether oxygens (including phenoxy) is 1. The van der Waals surface area contributed by atoms with Crippen molar-refractivity contribution in [3.63, 3.8) is 0 Å². The summed E-state index contributed by atoms with van der Waals surface area (Å²) in [5.74, 6) is 1.45. The zero-order valence-electron chi connectivity index (χ0n) is 22.6. The van der Waals surface area contributed by atoms with Gasteiger partial charge in [0.05, 0.1) is 0 Å². The molecule has 0 radical (unpaired) electrons. The average Bonchev–Trinajstić information content (AvgIpc) is 3.44. The Morgan fingerprint density at radius 2 is 1.45 bits per heavy atom. The van der Waals surface area contributed by atoms with E-state index >= 15 is 0 Å². The van der Waals surface area contributed by atoms with Crippen LogP contribution >= 0.6 is 0 Å². The molecule has 0 bridgehead atoms. The van der Waals surface area contributed by atoms with Gasteiger partial charge in [-0.1, -0.05) is 74.0 Å². The standard InChI is InChI=1S/C29H34N2O3.C2H6OS/c32-29(31(24-12-6-2-7-13-24)25-14-8-3-9-15-25)27-20-28(34-30-27)23-16-18-26(19-17-23)33-21-22-10-4-1-5-11-22;1-4(2)3/h1,4-5,10-11,16-20,24-25H,2-3,6-9,12-15,21H2;1-2H3. The van der Waals surface area contributed by atoms with Gasteiger partial charge < -0.3 is 14.2 Å². The van der Waals surface area contributed by atoms with Gasteiger partial charge in [-0.15, -0.1) is 0 Å². The molecule has 204 valence electrons. The molecule has 5 rings (SSSR count). The molecule has 6 nitrogen and oxygen atoms in total. The number of benzene rings is 2. The van der Waals surface area contributed by atoms with Crippen molar-refractivity contribution in [2.75, 3.05) is 12.5 Å². The van der Waals surface area contributed by atoms with Crippen LogP contribution in [-0.4, -0.2) is 44.8 Å². The summed E-state index contributed by atoms with van der Waals surface area (Å²) in [7, 11) is -0.611. The molecule has 0 aliphatic heterocycles. The third kappa shape index (κ3) is 8.03. The largest absolute Gasteiger partial charge is 0.489 e. The smallest absolute Gasteiger partial charge is 0.276 e. The summed E-state index contributed by atoms with van der Waals surface area (Å²) >= 11 is 0. The fourth-order valence-electron chi connectivity index (χ4n) is 5.45. The molecule has 0 N–H and O–H groups in total. The Bertz CT molecular complexity index is 1130. The molecule has 3 aromatic rings. The maximum Gasteiger partial charge on any atom is 0.276 e. The lowest BCUT2D eigenvalue weighted by molar-refractivity contribution is 0.0438. The van der Waals surface area contributed by atoms with Crippen LogP contribution in [0.5, 0.6) is 5.75 Å². The third-order valence-electron chi connectivity index (χ3n) is 7.29. The Kier molecular flexibility index (Phi) is 10.6. The number of hydrogen-bond donors (Lipinski definition) is 0. The van der Waals surface area contributed by atoms with Gasteiger partial charge in [-0.25, -0.2) is 0 Å². The fraction of sp³-hybridized carbons (Fsp3) is 0.484. The van der Waals surface area contributed by atoms with E-state index in [-0.39, 0.29) is 5.91 Å². The molecule has 1 amide bonds. The summed E-state index contributed by atoms with van der Waals surface area (Å²) < 4.78 is 21.1. The molecule has 1 heterocycles. The number of aromatic nitrogens is 1. The van der Waals surface area contributed by atoms with Crippen LogP contribution in [0.4, 0.5) is 0 Å². The van der Waals surface area contributed by atoms with E-state index in [9.17, 15) is 9.00 Å². The second-order valence-electron chi connectivity index (χ2n) is 10.4. The Balaban J connectivity index is 0.000000786. The van der Waals surface area contributed by atoms with Gasteiger partial charge in [0.15, 0.2) is 11.5 Å². The van der Waals surface area contributed by atoms with Gasteiger partial charge in [0.25, 0.3) is 5.91 Å². The van der Waals surface area contributed by atoms with E-state index in [0.29, 0.717) is 30.1 Å². The number of carbonyl (C=O) groups is 1. The van der Waals surface area contributed by atoms with Crippen LogP contribution in [0.25, 0.3) is 11.3 Å². The number of amides is 1. The molecule has 2 aliphatic carbocycles. The van der Waals surface area contributed by atoms with Crippen molar-refractivity contribution >= 4 is 16.7 Å². The van der Waals surface area contributed by atoms with Crippen molar-refractivity contribution in [2.24, 2.45) is 0 Å². The molecular formula is C31H40N2O4S. The topological polar surface area (TPSA) is 72.6 Å². The molecule has 0 spiro atoms. The summed E-state index contributed by atoms with van der Waals surface area (Å²) in [6.45, 7) is 0.527. The first kappa shape index (κ1) is 28.1. The van der Waals surface area contributed by atoms with Crippen LogP contribution in [0.1, 0.15) is 80.3 Å². The van der Waals surface area contributed by atoms with E-state index in [1.807, 2.05) is 54.6 Å². The Morgan fingerprint density at radius 3 is 2.00 bits per heavy atom. The minimum atomic E-state index is -0.611. The highest BCUT2D eigenvalue weighted by molar-refractivity contribution is 7.83. The fourth-order valence-corrected chi connectivity index (χ4v) is 5.45. The lowest BCUT2D eigenvalue weighted by Gasteiger charge is -2.41. The van der Waals surface area contributed by atoms with Crippen molar-refractivity contribution in [3.8, 4) is 17.1 Å². The molecule has 0 unspecified atom stereocenters.